The van der Waals surface area contributed by atoms with E-state index in [0.717, 1.165) is 30.6 Å². The molecule has 5 N–H and O–H groups in total. The Morgan fingerprint density at radius 1 is 1.42 bits per heavy atom. The third-order valence-corrected chi connectivity index (χ3v) is 2.87. The zero-order valence-corrected chi connectivity index (χ0v) is 10.9. The molecule has 0 saturated carbocycles. The van der Waals surface area contributed by atoms with Crippen molar-refractivity contribution in [2.24, 2.45) is 5.84 Å². The predicted molar refractivity (Wildman–Crippen MR) is 73.7 cm³/mol. The molecule has 2 aromatic rings. The molecule has 2 rings (SSSR count). The zero-order chi connectivity index (χ0) is 13.7. The molecular formula is C11H19N7O. The summed E-state index contributed by atoms with van der Waals surface area (Å²) in [5.74, 6) is 6.43. The van der Waals surface area contributed by atoms with E-state index >= 15 is 0 Å². The van der Waals surface area contributed by atoms with Gasteiger partial charge < -0.3 is 10.0 Å². The topological polar surface area (TPSA) is 116 Å². The molecule has 0 bridgehead atoms. The Bertz CT molecular complexity index is 527. The summed E-state index contributed by atoms with van der Waals surface area (Å²) < 4.78 is 0. The van der Waals surface area contributed by atoms with Crippen LogP contribution in [-0.2, 0) is 0 Å². The number of aliphatic hydroxyl groups excluding tert-OH is 1. The number of nitrogens with two attached hydrogens (primary N) is 1. The summed E-state index contributed by atoms with van der Waals surface area (Å²) in [7, 11) is 0. The second-order valence-electron chi connectivity index (χ2n) is 4.21. The zero-order valence-electron chi connectivity index (χ0n) is 10.9. The Balaban J connectivity index is 2.40. The first-order chi connectivity index (χ1) is 9.30. The van der Waals surface area contributed by atoms with Crippen LogP contribution >= 0.6 is 0 Å². The summed E-state index contributed by atoms with van der Waals surface area (Å²) in [5, 5.41) is 16.8. The fourth-order valence-corrected chi connectivity index (χ4v) is 1.92. The van der Waals surface area contributed by atoms with Crippen LogP contribution in [0.4, 0.5) is 11.8 Å². The molecule has 0 fully saturated rings. The number of nitrogens with one attached hydrogen (secondary N) is 2. The molecule has 19 heavy (non-hydrogen) atoms. The van der Waals surface area contributed by atoms with Crippen molar-refractivity contribution in [1.29, 1.82) is 0 Å². The number of aliphatic hydroxyl groups is 1. The first-order valence-electron chi connectivity index (χ1n) is 6.33. The van der Waals surface area contributed by atoms with Crippen molar-refractivity contribution in [2.75, 3.05) is 30.0 Å². The maximum atomic E-state index is 9.20. The van der Waals surface area contributed by atoms with Crippen molar-refractivity contribution >= 4 is 22.8 Å². The molecule has 2 aromatic heterocycles. The van der Waals surface area contributed by atoms with Crippen LogP contribution in [0.1, 0.15) is 19.8 Å². The summed E-state index contributed by atoms with van der Waals surface area (Å²) in [4.78, 5) is 10.6. The van der Waals surface area contributed by atoms with E-state index in [-0.39, 0.29) is 6.61 Å². The number of anilines is 2. The van der Waals surface area contributed by atoms with Crippen molar-refractivity contribution in [3.8, 4) is 0 Å². The first kappa shape index (κ1) is 13.5. The van der Waals surface area contributed by atoms with Gasteiger partial charge in [0.25, 0.3) is 0 Å². The molecule has 0 atom stereocenters. The molecule has 0 radical (unpaired) electrons. The Morgan fingerprint density at radius 3 is 2.95 bits per heavy atom. The number of unbranched alkanes of at least 4 members (excludes halogenated alkanes) is 1. The highest BCUT2D eigenvalue weighted by Gasteiger charge is 2.15. The minimum atomic E-state index is 0.0679. The molecule has 0 aliphatic heterocycles. The van der Waals surface area contributed by atoms with Gasteiger partial charge in [0.05, 0.1) is 18.2 Å². The Labute approximate surface area is 111 Å². The lowest BCUT2D eigenvalue weighted by molar-refractivity contribution is 0.301. The van der Waals surface area contributed by atoms with E-state index in [9.17, 15) is 5.11 Å². The monoisotopic (exact) mass is 265 g/mol. The van der Waals surface area contributed by atoms with Crippen molar-refractivity contribution in [2.45, 2.75) is 19.8 Å². The van der Waals surface area contributed by atoms with E-state index in [0.29, 0.717) is 18.1 Å². The number of H-pyrrole nitrogens is 1. The van der Waals surface area contributed by atoms with Gasteiger partial charge in [0.1, 0.15) is 5.82 Å². The highest BCUT2D eigenvalue weighted by Crippen LogP contribution is 2.23. The number of rotatable bonds is 7. The van der Waals surface area contributed by atoms with Gasteiger partial charge in [-0.05, 0) is 6.42 Å². The third kappa shape index (κ3) is 2.91. The third-order valence-electron chi connectivity index (χ3n) is 2.87. The van der Waals surface area contributed by atoms with Crippen LogP contribution in [0.3, 0.4) is 0 Å². The Kier molecular flexibility index (Phi) is 4.48. The minimum Gasteiger partial charge on any atom is -0.395 e. The van der Waals surface area contributed by atoms with Crippen molar-refractivity contribution in [1.82, 2.24) is 20.2 Å². The molecule has 8 nitrogen and oxygen atoms in total. The molecule has 0 saturated heterocycles. The SMILES string of the molecule is CCCCN(CCO)c1nc(NN)nc2[nH]ncc12. The van der Waals surface area contributed by atoms with E-state index in [1.165, 1.54) is 0 Å². The second-order valence-corrected chi connectivity index (χ2v) is 4.21. The van der Waals surface area contributed by atoms with Gasteiger partial charge in [-0.3, -0.25) is 10.5 Å². The number of aromatic nitrogens is 4. The number of fused-ring (bicyclic) bond motifs is 1. The number of nitrogen functional groups attached to an aromatic ring is 1. The standard InChI is InChI=1S/C11H19N7O/c1-2-3-4-18(5-6-19)10-8-7-13-17-9(8)14-11(15-10)16-12/h7,19H,2-6,12H2,1H3,(H2,13,14,15,16,17). The first-order valence-corrected chi connectivity index (χ1v) is 6.33. The van der Waals surface area contributed by atoms with E-state index < -0.39 is 0 Å². The smallest absolute Gasteiger partial charge is 0.241 e. The molecular weight excluding hydrogens is 246 g/mol. The highest BCUT2D eigenvalue weighted by molar-refractivity contribution is 5.87. The minimum absolute atomic E-state index is 0.0679. The molecule has 0 amide bonds. The fraction of sp³-hybridized carbons (Fsp3) is 0.545. The number of hydrazine groups is 1. The molecule has 104 valence electrons. The van der Waals surface area contributed by atoms with Gasteiger partial charge in [-0.25, -0.2) is 5.84 Å². The van der Waals surface area contributed by atoms with Crippen LogP contribution < -0.4 is 16.2 Å². The van der Waals surface area contributed by atoms with Crippen LogP contribution in [0.2, 0.25) is 0 Å². The quantitative estimate of drug-likeness (QED) is 0.418. The van der Waals surface area contributed by atoms with Gasteiger partial charge in [-0.15, -0.1) is 0 Å². The largest absolute Gasteiger partial charge is 0.395 e. The van der Waals surface area contributed by atoms with Gasteiger partial charge in [0.15, 0.2) is 5.65 Å². The molecule has 0 aromatic carbocycles. The van der Waals surface area contributed by atoms with Gasteiger partial charge >= 0.3 is 0 Å². The summed E-state index contributed by atoms with van der Waals surface area (Å²) in [6.07, 6.45) is 3.78. The van der Waals surface area contributed by atoms with Crippen LogP contribution in [0.5, 0.6) is 0 Å². The van der Waals surface area contributed by atoms with Crippen molar-refractivity contribution in [3.05, 3.63) is 6.20 Å². The maximum Gasteiger partial charge on any atom is 0.241 e. The fourth-order valence-electron chi connectivity index (χ4n) is 1.92. The normalized spacial score (nSPS) is 10.9. The molecule has 2 heterocycles. The molecule has 0 unspecified atom stereocenters. The van der Waals surface area contributed by atoms with E-state index in [1.54, 1.807) is 6.20 Å². The summed E-state index contributed by atoms with van der Waals surface area (Å²) in [6.45, 7) is 3.52. The predicted octanol–water partition coefficient (Wildman–Crippen LogP) is 0.237. The molecule has 8 heteroatoms. The molecule has 0 aliphatic rings. The average Bonchev–Trinajstić information content (AvgIpc) is 2.90. The van der Waals surface area contributed by atoms with Gasteiger partial charge in [0.2, 0.25) is 5.95 Å². The van der Waals surface area contributed by atoms with Crippen LogP contribution in [0, 0.1) is 0 Å². The number of hydrogen-bond donors (Lipinski definition) is 4. The van der Waals surface area contributed by atoms with Gasteiger partial charge in [-0.1, -0.05) is 13.3 Å². The van der Waals surface area contributed by atoms with Crippen LogP contribution in [-0.4, -0.2) is 45.0 Å². The highest BCUT2D eigenvalue weighted by atomic mass is 16.3. The second kappa shape index (κ2) is 6.30. The van der Waals surface area contributed by atoms with Gasteiger partial charge in [0, 0.05) is 13.1 Å². The Hall–Kier alpha value is -1.93. The summed E-state index contributed by atoms with van der Waals surface area (Å²) >= 11 is 0. The summed E-state index contributed by atoms with van der Waals surface area (Å²) in [6, 6.07) is 0. The Morgan fingerprint density at radius 2 is 2.26 bits per heavy atom. The molecule has 0 aliphatic carbocycles. The summed E-state index contributed by atoms with van der Waals surface area (Å²) in [5.41, 5.74) is 3.07. The van der Waals surface area contributed by atoms with E-state index in [2.05, 4.69) is 32.5 Å². The van der Waals surface area contributed by atoms with Crippen molar-refractivity contribution in [3.63, 3.8) is 0 Å². The van der Waals surface area contributed by atoms with Gasteiger partial charge in [-0.2, -0.15) is 15.1 Å². The van der Waals surface area contributed by atoms with Crippen molar-refractivity contribution < 1.29 is 5.11 Å². The number of aromatic amines is 1. The van der Waals surface area contributed by atoms with Crippen LogP contribution in [0.25, 0.3) is 11.0 Å². The van der Waals surface area contributed by atoms with Crippen LogP contribution in [0.15, 0.2) is 6.20 Å². The maximum absolute atomic E-state index is 9.20. The average molecular weight is 265 g/mol. The van der Waals surface area contributed by atoms with E-state index in [1.807, 2.05) is 4.90 Å². The lowest BCUT2D eigenvalue weighted by atomic mass is 10.3. The lowest BCUT2D eigenvalue weighted by Crippen LogP contribution is -2.29. The number of hydrogen-bond acceptors (Lipinski definition) is 7. The van der Waals surface area contributed by atoms with E-state index in [4.69, 9.17) is 5.84 Å². The number of nitrogens with zero attached hydrogens (tertiary/aromatic N) is 4. The molecule has 0 spiro atoms. The lowest BCUT2D eigenvalue weighted by Gasteiger charge is -2.23.